The van der Waals surface area contributed by atoms with E-state index in [2.05, 4.69) is 12.2 Å². The molecule has 98 valence electrons. The Hall–Kier alpha value is -0.770. The largest absolute Gasteiger partial charge is 0.444 e. The Morgan fingerprint density at radius 3 is 2.59 bits per heavy atom. The Bertz CT molecular complexity index is 305. The Labute approximate surface area is 104 Å². The molecule has 1 saturated carbocycles. The Morgan fingerprint density at radius 2 is 2.06 bits per heavy atom. The van der Waals surface area contributed by atoms with E-state index < -0.39 is 5.60 Å². The number of hydrogen-bond donors (Lipinski definition) is 1. The van der Waals surface area contributed by atoms with Gasteiger partial charge in [-0.3, -0.25) is 0 Å². The lowest BCUT2D eigenvalue weighted by molar-refractivity contribution is 0.0169. The molecule has 2 aliphatic rings. The molecule has 0 aromatic carbocycles. The van der Waals surface area contributed by atoms with Crippen LogP contribution in [0.1, 0.15) is 40.5 Å². The van der Waals surface area contributed by atoms with E-state index >= 15 is 0 Å². The second-order valence-corrected chi connectivity index (χ2v) is 6.59. The first-order valence-electron chi connectivity index (χ1n) is 6.51. The van der Waals surface area contributed by atoms with E-state index in [-0.39, 0.29) is 6.09 Å². The van der Waals surface area contributed by atoms with Gasteiger partial charge in [0.05, 0.1) is 0 Å². The lowest BCUT2D eigenvalue weighted by Gasteiger charge is -2.37. The van der Waals surface area contributed by atoms with Gasteiger partial charge in [0, 0.05) is 25.7 Å². The highest BCUT2D eigenvalue weighted by atomic mass is 16.6. The van der Waals surface area contributed by atoms with Crippen molar-refractivity contribution in [3.63, 3.8) is 0 Å². The summed E-state index contributed by atoms with van der Waals surface area (Å²) in [4.78, 5) is 13.8. The molecule has 1 amide bonds. The summed E-state index contributed by atoms with van der Waals surface area (Å²) >= 11 is 0. The minimum Gasteiger partial charge on any atom is -0.444 e. The molecular weight excluding hydrogens is 216 g/mol. The summed E-state index contributed by atoms with van der Waals surface area (Å²) in [5.41, 5.74) is 0.00161. The van der Waals surface area contributed by atoms with Gasteiger partial charge in [0.2, 0.25) is 0 Å². The number of amides is 1. The number of rotatable bonds is 1. The zero-order valence-electron chi connectivity index (χ0n) is 11.4. The van der Waals surface area contributed by atoms with Crippen LogP contribution in [-0.2, 0) is 4.74 Å². The molecule has 17 heavy (non-hydrogen) atoms. The molecule has 0 bridgehead atoms. The number of nitrogens with zero attached hydrogens (tertiary/aromatic N) is 1. The molecule has 0 radical (unpaired) electrons. The van der Waals surface area contributed by atoms with Crippen LogP contribution in [0.4, 0.5) is 4.79 Å². The summed E-state index contributed by atoms with van der Waals surface area (Å²) in [5, 5.41) is 3.52. The van der Waals surface area contributed by atoms with Gasteiger partial charge in [0.15, 0.2) is 0 Å². The Balaban J connectivity index is 1.91. The van der Waals surface area contributed by atoms with Crippen molar-refractivity contribution in [3.8, 4) is 0 Å². The van der Waals surface area contributed by atoms with E-state index in [1.165, 1.54) is 12.8 Å². The quantitative estimate of drug-likeness (QED) is 0.762. The Kier molecular flexibility index (Phi) is 3.10. The average Bonchev–Trinajstić information content (AvgIpc) is 2.96. The van der Waals surface area contributed by atoms with E-state index in [1.54, 1.807) is 0 Å². The van der Waals surface area contributed by atoms with Gasteiger partial charge < -0.3 is 15.0 Å². The molecule has 0 aromatic rings. The lowest BCUT2D eigenvalue weighted by Crippen LogP contribution is -2.56. The third kappa shape index (κ3) is 3.12. The second-order valence-electron chi connectivity index (χ2n) is 6.59. The molecule has 1 unspecified atom stereocenters. The van der Waals surface area contributed by atoms with Gasteiger partial charge in [-0.25, -0.2) is 4.79 Å². The average molecular weight is 240 g/mol. The van der Waals surface area contributed by atoms with Crippen LogP contribution in [0.5, 0.6) is 0 Å². The van der Waals surface area contributed by atoms with Crippen molar-refractivity contribution in [1.29, 1.82) is 0 Å². The van der Waals surface area contributed by atoms with E-state index in [0.717, 1.165) is 19.6 Å². The van der Waals surface area contributed by atoms with Crippen molar-refractivity contribution < 1.29 is 9.53 Å². The number of ether oxygens (including phenoxy) is 1. The molecule has 1 atom stereocenters. The van der Waals surface area contributed by atoms with Crippen LogP contribution in [-0.4, -0.2) is 42.3 Å². The van der Waals surface area contributed by atoms with Gasteiger partial charge in [-0.1, -0.05) is 6.92 Å². The zero-order valence-corrected chi connectivity index (χ0v) is 11.4. The number of carbonyl (C=O) groups is 1. The summed E-state index contributed by atoms with van der Waals surface area (Å²) in [6.45, 7) is 10.4. The van der Waals surface area contributed by atoms with Crippen LogP contribution in [0.3, 0.4) is 0 Å². The normalized spacial score (nSPS) is 27.8. The topological polar surface area (TPSA) is 41.6 Å². The van der Waals surface area contributed by atoms with Crippen molar-refractivity contribution in [2.24, 2.45) is 5.41 Å². The van der Waals surface area contributed by atoms with Crippen LogP contribution in [0.15, 0.2) is 0 Å². The molecule has 4 heteroatoms. The van der Waals surface area contributed by atoms with Gasteiger partial charge in [0.1, 0.15) is 5.60 Å². The summed E-state index contributed by atoms with van der Waals surface area (Å²) < 4.78 is 5.42. The fourth-order valence-corrected chi connectivity index (χ4v) is 2.25. The predicted molar refractivity (Wildman–Crippen MR) is 66.9 cm³/mol. The summed E-state index contributed by atoms with van der Waals surface area (Å²) in [6.07, 6.45) is 2.37. The van der Waals surface area contributed by atoms with Crippen LogP contribution in [0.25, 0.3) is 0 Å². The van der Waals surface area contributed by atoms with Crippen molar-refractivity contribution >= 4 is 6.09 Å². The summed E-state index contributed by atoms with van der Waals surface area (Å²) in [6, 6.07) is 0.434. The third-order valence-corrected chi connectivity index (χ3v) is 3.71. The fourth-order valence-electron chi connectivity index (χ4n) is 2.25. The monoisotopic (exact) mass is 240 g/mol. The number of nitrogens with one attached hydrogen (secondary N) is 1. The van der Waals surface area contributed by atoms with E-state index in [4.69, 9.17) is 4.74 Å². The minimum atomic E-state index is -0.402. The molecule has 0 aromatic heterocycles. The van der Waals surface area contributed by atoms with Crippen LogP contribution in [0.2, 0.25) is 0 Å². The maximum Gasteiger partial charge on any atom is 0.410 e. The number of piperazine rings is 1. The van der Waals surface area contributed by atoms with Gasteiger partial charge in [-0.2, -0.15) is 0 Å². The molecule has 1 saturated heterocycles. The molecule has 1 aliphatic heterocycles. The van der Waals surface area contributed by atoms with E-state index in [1.807, 2.05) is 25.7 Å². The first-order chi connectivity index (χ1) is 7.80. The first kappa shape index (κ1) is 12.7. The SMILES string of the molecule is CC(C)(C)OC(=O)N1CCNC(C2(C)CC2)C1. The van der Waals surface area contributed by atoms with Crippen LogP contribution < -0.4 is 5.32 Å². The van der Waals surface area contributed by atoms with E-state index in [0.29, 0.717) is 11.5 Å². The van der Waals surface area contributed by atoms with Crippen LogP contribution in [0, 0.1) is 5.41 Å². The van der Waals surface area contributed by atoms with Gasteiger partial charge in [0.25, 0.3) is 0 Å². The molecule has 4 nitrogen and oxygen atoms in total. The summed E-state index contributed by atoms with van der Waals surface area (Å²) in [7, 11) is 0. The van der Waals surface area contributed by atoms with Gasteiger partial charge in [-0.15, -0.1) is 0 Å². The highest BCUT2D eigenvalue weighted by molar-refractivity contribution is 5.68. The fraction of sp³-hybridized carbons (Fsp3) is 0.923. The van der Waals surface area contributed by atoms with Crippen LogP contribution >= 0.6 is 0 Å². The molecule has 1 N–H and O–H groups in total. The highest BCUT2D eigenvalue weighted by Crippen LogP contribution is 2.48. The van der Waals surface area contributed by atoms with E-state index in [9.17, 15) is 4.79 Å². The molecule has 2 fully saturated rings. The molecule has 1 aliphatic carbocycles. The second kappa shape index (κ2) is 4.16. The van der Waals surface area contributed by atoms with Crippen molar-refractivity contribution in [3.05, 3.63) is 0 Å². The van der Waals surface area contributed by atoms with Crippen molar-refractivity contribution in [2.45, 2.75) is 52.2 Å². The Morgan fingerprint density at radius 1 is 1.41 bits per heavy atom. The standard InChI is InChI=1S/C13H24N2O2/c1-12(2,3)17-11(16)15-8-7-14-10(9-15)13(4)5-6-13/h10,14H,5-9H2,1-4H3. The minimum absolute atomic E-state index is 0.173. The third-order valence-electron chi connectivity index (χ3n) is 3.71. The zero-order chi connectivity index (χ0) is 12.7. The first-order valence-corrected chi connectivity index (χ1v) is 6.51. The summed E-state index contributed by atoms with van der Waals surface area (Å²) in [5.74, 6) is 0. The number of hydrogen-bond acceptors (Lipinski definition) is 3. The maximum atomic E-state index is 12.0. The molecule has 1 heterocycles. The van der Waals surface area contributed by atoms with Gasteiger partial charge >= 0.3 is 6.09 Å². The number of carbonyl (C=O) groups excluding carboxylic acids is 1. The highest BCUT2D eigenvalue weighted by Gasteiger charge is 2.46. The van der Waals surface area contributed by atoms with Crippen molar-refractivity contribution in [1.82, 2.24) is 10.2 Å². The smallest absolute Gasteiger partial charge is 0.410 e. The molecule has 2 rings (SSSR count). The maximum absolute atomic E-state index is 12.0. The lowest BCUT2D eigenvalue weighted by atomic mass is 9.97. The predicted octanol–water partition coefficient (Wildman–Crippen LogP) is 2.00. The van der Waals surface area contributed by atoms with Crippen molar-refractivity contribution in [2.75, 3.05) is 19.6 Å². The molecule has 0 spiro atoms. The van der Waals surface area contributed by atoms with Gasteiger partial charge in [-0.05, 0) is 39.0 Å². The molecular formula is C13H24N2O2.